The minimum atomic E-state index is -3.63. The number of sulfonamides is 1. The lowest BCUT2D eigenvalue weighted by Gasteiger charge is -2.09. The van der Waals surface area contributed by atoms with Crippen LogP contribution >= 0.6 is 0 Å². The van der Waals surface area contributed by atoms with Crippen LogP contribution in [0.2, 0.25) is 0 Å². The van der Waals surface area contributed by atoms with Gasteiger partial charge in [-0.2, -0.15) is 5.10 Å². The third kappa shape index (κ3) is 3.65. The predicted molar refractivity (Wildman–Crippen MR) is 94.5 cm³/mol. The van der Waals surface area contributed by atoms with Gasteiger partial charge in [0, 0.05) is 6.20 Å². The third-order valence-electron chi connectivity index (χ3n) is 3.71. The van der Waals surface area contributed by atoms with Crippen molar-refractivity contribution in [3.05, 3.63) is 77.6 Å². The van der Waals surface area contributed by atoms with Crippen LogP contribution in [0.5, 0.6) is 0 Å². The average Bonchev–Trinajstić information content (AvgIpc) is 2.97. The van der Waals surface area contributed by atoms with Crippen LogP contribution in [0, 0.1) is 13.8 Å². The number of hydrogen-bond donors (Lipinski definition) is 1. The second-order valence-electron chi connectivity index (χ2n) is 5.79. The molecule has 1 N–H and O–H groups in total. The maximum absolute atomic E-state index is 12.6. The molecule has 0 atom stereocenters. The predicted octanol–water partition coefficient (Wildman–Crippen LogP) is 3.35. The van der Waals surface area contributed by atoms with Crippen LogP contribution in [0.15, 0.2) is 65.8 Å². The number of hydrogen-bond acceptors (Lipinski definition) is 3. The molecule has 1 aromatic heterocycles. The van der Waals surface area contributed by atoms with E-state index in [1.165, 1.54) is 6.20 Å². The lowest BCUT2D eigenvalue weighted by molar-refractivity contribution is 0.600. The third-order valence-corrected chi connectivity index (χ3v) is 5.23. The zero-order valence-corrected chi connectivity index (χ0v) is 14.4. The lowest BCUT2D eigenvalue weighted by atomic mass is 10.2. The minimum Gasteiger partial charge on any atom is -0.276 e. The van der Waals surface area contributed by atoms with Crippen molar-refractivity contribution in [3.8, 4) is 0 Å². The van der Waals surface area contributed by atoms with E-state index in [0.29, 0.717) is 22.7 Å². The van der Waals surface area contributed by atoms with Crippen LogP contribution in [0.4, 0.5) is 5.69 Å². The normalized spacial score (nSPS) is 11.4. The van der Waals surface area contributed by atoms with E-state index in [1.54, 1.807) is 23.9 Å². The van der Waals surface area contributed by atoms with Crippen LogP contribution in [-0.4, -0.2) is 18.2 Å². The van der Waals surface area contributed by atoms with Crippen LogP contribution in [0.1, 0.15) is 16.7 Å². The fraction of sp³-hybridized carbons (Fsp3) is 0.167. The molecule has 0 fully saturated rings. The molecule has 0 spiro atoms. The van der Waals surface area contributed by atoms with Gasteiger partial charge in [-0.05, 0) is 36.6 Å². The van der Waals surface area contributed by atoms with E-state index >= 15 is 0 Å². The van der Waals surface area contributed by atoms with Crippen molar-refractivity contribution in [1.29, 1.82) is 0 Å². The van der Waals surface area contributed by atoms with Gasteiger partial charge in [0.2, 0.25) is 0 Å². The molecular weight excluding hydrogens is 322 g/mol. The van der Waals surface area contributed by atoms with Gasteiger partial charge in [0.15, 0.2) is 0 Å². The second kappa shape index (κ2) is 6.49. The summed E-state index contributed by atoms with van der Waals surface area (Å²) in [6.07, 6.45) is 3.21. The summed E-state index contributed by atoms with van der Waals surface area (Å²) in [5, 5.41) is 4.22. The summed E-state index contributed by atoms with van der Waals surface area (Å²) in [5.74, 6) is 0. The van der Waals surface area contributed by atoms with Crippen LogP contribution in [-0.2, 0) is 16.6 Å². The number of nitrogens with one attached hydrogen (secondary N) is 1. The van der Waals surface area contributed by atoms with Crippen LogP contribution in [0.25, 0.3) is 0 Å². The molecule has 24 heavy (non-hydrogen) atoms. The molecule has 0 amide bonds. The quantitative estimate of drug-likeness (QED) is 0.774. The van der Waals surface area contributed by atoms with Gasteiger partial charge in [-0.3, -0.25) is 9.40 Å². The molecule has 124 valence electrons. The fourth-order valence-corrected chi connectivity index (χ4v) is 3.84. The van der Waals surface area contributed by atoms with Crippen molar-refractivity contribution < 1.29 is 8.42 Å². The Balaban J connectivity index is 1.80. The van der Waals surface area contributed by atoms with Gasteiger partial charge in [-0.15, -0.1) is 0 Å². The summed E-state index contributed by atoms with van der Waals surface area (Å²) >= 11 is 0. The first-order valence-electron chi connectivity index (χ1n) is 7.60. The molecule has 1 heterocycles. The van der Waals surface area contributed by atoms with Crippen molar-refractivity contribution in [2.75, 3.05) is 4.72 Å². The van der Waals surface area contributed by atoms with E-state index in [2.05, 4.69) is 9.82 Å². The maximum atomic E-state index is 12.6. The summed E-state index contributed by atoms with van der Waals surface area (Å²) in [6.45, 7) is 4.25. The molecule has 0 aliphatic rings. The molecule has 6 heteroatoms. The van der Waals surface area contributed by atoms with Crippen molar-refractivity contribution in [3.63, 3.8) is 0 Å². The van der Waals surface area contributed by atoms with Gasteiger partial charge in [-0.1, -0.05) is 42.5 Å². The van der Waals surface area contributed by atoms with Crippen LogP contribution < -0.4 is 4.72 Å². The molecule has 5 nitrogen and oxygen atoms in total. The summed E-state index contributed by atoms with van der Waals surface area (Å²) < 4.78 is 29.5. The second-order valence-corrected chi connectivity index (χ2v) is 7.44. The Morgan fingerprint density at radius 2 is 1.83 bits per heavy atom. The molecule has 2 aromatic carbocycles. The van der Waals surface area contributed by atoms with Crippen LogP contribution in [0.3, 0.4) is 0 Å². The Bertz CT molecular complexity index is 947. The molecular formula is C18H19N3O2S. The molecule has 0 aliphatic heterocycles. The molecule has 0 saturated carbocycles. The van der Waals surface area contributed by atoms with Crippen molar-refractivity contribution in [1.82, 2.24) is 9.78 Å². The molecule has 0 bridgehead atoms. The number of anilines is 1. The Labute approximate surface area is 142 Å². The largest absolute Gasteiger partial charge is 0.276 e. The number of nitrogens with zero attached hydrogens (tertiary/aromatic N) is 2. The van der Waals surface area contributed by atoms with Crippen molar-refractivity contribution in [2.45, 2.75) is 25.3 Å². The highest BCUT2D eigenvalue weighted by Crippen LogP contribution is 2.20. The highest BCUT2D eigenvalue weighted by atomic mass is 32.2. The van der Waals surface area contributed by atoms with E-state index < -0.39 is 10.0 Å². The van der Waals surface area contributed by atoms with Crippen molar-refractivity contribution >= 4 is 15.7 Å². The molecule has 3 rings (SSSR count). The number of aromatic nitrogens is 2. The summed E-state index contributed by atoms with van der Waals surface area (Å²) in [7, 11) is -3.63. The summed E-state index contributed by atoms with van der Waals surface area (Å²) in [5.41, 5.74) is 3.17. The molecule has 0 saturated heterocycles. The topological polar surface area (TPSA) is 64.0 Å². The van der Waals surface area contributed by atoms with Gasteiger partial charge >= 0.3 is 0 Å². The zero-order chi connectivity index (χ0) is 17.2. The van der Waals surface area contributed by atoms with E-state index in [-0.39, 0.29) is 0 Å². The monoisotopic (exact) mass is 341 g/mol. The molecule has 0 aliphatic carbocycles. The fourth-order valence-electron chi connectivity index (χ4n) is 2.48. The van der Waals surface area contributed by atoms with Gasteiger partial charge in [0.05, 0.1) is 23.3 Å². The smallest absolute Gasteiger partial charge is 0.262 e. The standard InChI is InChI=1S/C18H19N3O2S/c1-14-8-9-15(2)18(10-14)24(22,23)20-17-11-19-21(13-17)12-16-6-4-3-5-7-16/h3-11,13,20H,12H2,1-2H3. The van der Waals surface area contributed by atoms with Gasteiger partial charge in [-0.25, -0.2) is 8.42 Å². The van der Waals surface area contributed by atoms with E-state index in [0.717, 1.165) is 11.1 Å². The van der Waals surface area contributed by atoms with Gasteiger partial charge < -0.3 is 0 Å². The van der Waals surface area contributed by atoms with Gasteiger partial charge in [0.1, 0.15) is 0 Å². The SMILES string of the molecule is Cc1ccc(C)c(S(=O)(=O)Nc2cnn(Cc3ccccc3)c2)c1. The first kappa shape index (κ1) is 16.3. The zero-order valence-electron chi connectivity index (χ0n) is 13.6. The average molecular weight is 341 g/mol. The van der Waals surface area contributed by atoms with E-state index in [4.69, 9.17) is 0 Å². The molecule has 0 radical (unpaired) electrons. The first-order chi connectivity index (χ1) is 11.4. The summed E-state index contributed by atoms with van der Waals surface area (Å²) in [6, 6.07) is 15.3. The Morgan fingerprint density at radius 3 is 2.58 bits per heavy atom. The van der Waals surface area contributed by atoms with Crippen molar-refractivity contribution in [2.24, 2.45) is 0 Å². The molecule has 0 unspecified atom stereocenters. The van der Waals surface area contributed by atoms with Gasteiger partial charge in [0.25, 0.3) is 10.0 Å². The lowest BCUT2D eigenvalue weighted by Crippen LogP contribution is -2.14. The van der Waals surface area contributed by atoms with E-state index in [9.17, 15) is 8.42 Å². The Kier molecular flexibility index (Phi) is 4.40. The summed E-state index contributed by atoms with van der Waals surface area (Å²) in [4.78, 5) is 0.290. The first-order valence-corrected chi connectivity index (χ1v) is 9.09. The molecule has 3 aromatic rings. The Hall–Kier alpha value is -2.60. The number of benzene rings is 2. The highest BCUT2D eigenvalue weighted by Gasteiger charge is 2.17. The minimum absolute atomic E-state index is 0.290. The highest BCUT2D eigenvalue weighted by molar-refractivity contribution is 7.92. The maximum Gasteiger partial charge on any atom is 0.262 e. The Morgan fingerprint density at radius 1 is 1.08 bits per heavy atom. The number of aryl methyl sites for hydroxylation is 2. The number of rotatable bonds is 5. The van der Waals surface area contributed by atoms with E-state index in [1.807, 2.05) is 49.4 Å².